The average molecular weight is 428 g/mol. The van der Waals surface area contributed by atoms with Crippen LogP contribution in [0.5, 0.6) is 0 Å². The van der Waals surface area contributed by atoms with Crippen LogP contribution in [0.1, 0.15) is 28.9 Å². The van der Waals surface area contributed by atoms with Gasteiger partial charge in [0.1, 0.15) is 0 Å². The van der Waals surface area contributed by atoms with E-state index in [0.29, 0.717) is 5.56 Å². The molecule has 3 rings (SSSR count). The molecule has 1 heterocycles. The molecule has 0 saturated heterocycles. The van der Waals surface area contributed by atoms with Gasteiger partial charge in [-0.15, -0.1) is 0 Å². The normalized spacial score (nSPS) is 11.6. The average Bonchev–Trinajstić information content (AvgIpc) is 3.21. The standard InChI is InChI=1S/C20H18BrN3O3/c1-14(15-3-7-17(21)8-4-15)23-19(25)13-27-20(26)16-5-9-18(10-6-16)24-12-2-11-22-24/h2-12,14H,13H2,1H3,(H,23,25). The number of ether oxygens (including phenoxy) is 1. The van der Waals surface area contributed by atoms with E-state index < -0.39 is 5.97 Å². The van der Waals surface area contributed by atoms with E-state index in [-0.39, 0.29) is 18.6 Å². The molecule has 0 aliphatic heterocycles. The molecule has 2 aromatic carbocycles. The third-order valence-electron chi connectivity index (χ3n) is 3.95. The maximum Gasteiger partial charge on any atom is 0.338 e. The van der Waals surface area contributed by atoms with E-state index in [1.165, 1.54) is 0 Å². The maximum absolute atomic E-state index is 12.1. The van der Waals surface area contributed by atoms with Crippen molar-refractivity contribution in [1.29, 1.82) is 0 Å². The fraction of sp³-hybridized carbons (Fsp3) is 0.150. The van der Waals surface area contributed by atoms with Crippen molar-refractivity contribution in [1.82, 2.24) is 15.1 Å². The molecular formula is C20H18BrN3O3. The van der Waals surface area contributed by atoms with Gasteiger partial charge in [-0.1, -0.05) is 28.1 Å². The Morgan fingerprint density at radius 1 is 1.15 bits per heavy atom. The Bertz CT molecular complexity index is 907. The monoisotopic (exact) mass is 427 g/mol. The topological polar surface area (TPSA) is 73.2 Å². The zero-order chi connectivity index (χ0) is 19.2. The van der Waals surface area contributed by atoms with E-state index in [9.17, 15) is 9.59 Å². The Labute approximate surface area is 165 Å². The first-order valence-electron chi connectivity index (χ1n) is 8.35. The van der Waals surface area contributed by atoms with Crippen LogP contribution in [-0.2, 0) is 9.53 Å². The van der Waals surface area contributed by atoms with Crippen LogP contribution in [0.4, 0.5) is 0 Å². The van der Waals surface area contributed by atoms with Crippen LogP contribution in [0.15, 0.2) is 71.5 Å². The third-order valence-corrected chi connectivity index (χ3v) is 4.48. The molecule has 0 spiro atoms. The van der Waals surface area contributed by atoms with Gasteiger partial charge in [-0.25, -0.2) is 9.48 Å². The lowest BCUT2D eigenvalue weighted by Gasteiger charge is -2.14. The van der Waals surface area contributed by atoms with E-state index in [4.69, 9.17) is 4.74 Å². The number of nitrogens with one attached hydrogen (secondary N) is 1. The van der Waals surface area contributed by atoms with E-state index in [1.807, 2.05) is 43.5 Å². The van der Waals surface area contributed by atoms with Gasteiger partial charge in [0.05, 0.1) is 17.3 Å². The van der Waals surface area contributed by atoms with Crippen molar-refractivity contribution in [2.45, 2.75) is 13.0 Å². The molecule has 27 heavy (non-hydrogen) atoms. The van der Waals surface area contributed by atoms with Crippen molar-refractivity contribution in [2.24, 2.45) is 0 Å². The minimum atomic E-state index is -0.548. The largest absolute Gasteiger partial charge is 0.452 e. The molecule has 0 fully saturated rings. The number of hydrogen-bond acceptors (Lipinski definition) is 4. The molecule has 0 bridgehead atoms. The molecule has 6 nitrogen and oxygen atoms in total. The molecule has 0 aliphatic rings. The lowest BCUT2D eigenvalue weighted by atomic mass is 10.1. The Kier molecular flexibility index (Phi) is 6.03. The summed E-state index contributed by atoms with van der Waals surface area (Å²) in [5.41, 5.74) is 2.17. The van der Waals surface area contributed by atoms with Crippen LogP contribution >= 0.6 is 15.9 Å². The van der Waals surface area contributed by atoms with Gasteiger partial charge in [0.2, 0.25) is 0 Å². The zero-order valence-corrected chi connectivity index (χ0v) is 16.2. The van der Waals surface area contributed by atoms with E-state index in [2.05, 4.69) is 26.3 Å². The molecule has 1 aromatic heterocycles. The third kappa shape index (κ3) is 5.04. The highest BCUT2D eigenvalue weighted by Crippen LogP contribution is 2.16. The Morgan fingerprint density at radius 3 is 2.48 bits per heavy atom. The number of benzene rings is 2. The molecule has 0 radical (unpaired) electrons. The number of rotatable bonds is 6. The zero-order valence-electron chi connectivity index (χ0n) is 14.6. The molecule has 3 aromatic rings. The van der Waals surface area contributed by atoms with Crippen LogP contribution in [-0.4, -0.2) is 28.3 Å². The number of amides is 1. The smallest absolute Gasteiger partial charge is 0.338 e. The molecule has 0 aliphatic carbocycles. The summed E-state index contributed by atoms with van der Waals surface area (Å²) in [7, 11) is 0. The predicted octanol–water partition coefficient (Wildman–Crippen LogP) is 3.67. The Hall–Kier alpha value is -2.93. The molecular weight excluding hydrogens is 410 g/mol. The molecule has 1 N–H and O–H groups in total. The summed E-state index contributed by atoms with van der Waals surface area (Å²) < 4.78 is 7.75. The molecule has 138 valence electrons. The van der Waals surface area contributed by atoms with Crippen LogP contribution in [0.25, 0.3) is 5.69 Å². The first kappa shape index (κ1) is 18.8. The lowest BCUT2D eigenvalue weighted by Crippen LogP contribution is -2.31. The molecule has 0 saturated carbocycles. The number of carbonyl (C=O) groups excluding carboxylic acids is 2. The van der Waals surface area contributed by atoms with Crippen molar-refractivity contribution >= 4 is 27.8 Å². The summed E-state index contributed by atoms with van der Waals surface area (Å²) in [6.07, 6.45) is 3.49. The van der Waals surface area contributed by atoms with Crippen LogP contribution in [0, 0.1) is 0 Å². The second-order valence-corrected chi connectivity index (χ2v) is 6.83. The highest BCUT2D eigenvalue weighted by molar-refractivity contribution is 9.10. The number of hydrogen-bond donors (Lipinski definition) is 1. The highest BCUT2D eigenvalue weighted by Gasteiger charge is 2.13. The van der Waals surface area contributed by atoms with Crippen molar-refractivity contribution in [3.63, 3.8) is 0 Å². The highest BCUT2D eigenvalue weighted by atomic mass is 79.9. The van der Waals surface area contributed by atoms with Gasteiger partial charge in [0.25, 0.3) is 5.91 Å². The minimum Gasteiger partial charge on any atom is -0.452 e. The van der Waals surface area contributed by atoms with Gasteiger partial charge in [0.15, 0.2) is 6.61 Å². The summed E-state index contributed by atoms with van der Waals surface area (Å²) in [5.74, 6) is -0.902. The first-order valence-corrected chi connectivity index (χ1v) is 9.14. The maximum atomic E-state index is 12.1. The lowest BCUT2D eigenvalue weighted by molar-refractivity contribution is -0.124. The predicted molar refractivity (Wildman–Crippen MR) is 105 cm³/mol. The second-order valence-electron chi connectivity index (χ2n) is 5.91. The molecule has 7 heteroatoms. The second kappa shape index (κ2) is 8.64. The number of carbonyl (C=O) groups is 2. The van der Waals surface area contributed by atoms with Crippen molar-refractivity contribution < 1.29 is 14.3 Å². The SMILES string of the molecule is CC(NC(=O)COC(=O)c1ccc(-n2cccn2)cc1)c1ccc(Br)cc1. The van der Waals surface area contributed by atoms with Gasteiger partial charge < -0.3 is 10.1 Å². The first-order chi connectivity index (χ1) is 13.0. The van der Waals surface area contributed by atoms with Crippen LogP contribution in [0.2, 0.25) is 0 Å². The number of aromatic nitrogens is 2. The molecule has 1 amide bonds. The van der Waals surface area contributed by atoms with E-state index >= 15 is 0 Å². The fourth-order valence-corrected chi connectivity index (χ4v) is 2.77. The van der Waals surface area contributed by atoms with Gasteiger partial charge >= 0.3 is 5.97 Å². The quantitative estimate of drug-likeness (QED) is 0.609. The number of nitrogens with zero attached hydrogens (tertiary/aromatic N) is 2. The van der Waals surface area contributed by atoms with Crippen molar-refractivity contribution in [3.8, 4) is 5.69 Å². The van der Waals surface area contributed by atoms with Gasteiger partial charge in [-0.3, -0.25) is 4.79 Å². The molecule has 1 unspecified atom stereocenters. The van der Waals surface area contributed by atoms with Gasteiger partial charge in [-0.2, -0.15) is 5.10 Å². The van der Waals surface area contributed by atoms with Gasteiger partial charge in [-0.05, 0) is 55.0 Å². The van der Waals surface area contributed by atoms with Crippen LogP contribution in [0.3, 0.4) is 0 Å². The Morgan fingerprint density at radius 2 is 1.85 bits per heavy atom. The van der Waals surface area contributed by atoms with E-state index in [1.54, 1.807) is 35.1 Å². The van der Waals surface area contributed by atoms with Crippen molar-refractivity contribution in [3.05, 3.63) is 82.6 Å². The Balaban J connectivity index is 1.51. The number of halogens is 1. The van der Waals surface area contributed by atoms with Gasteiger partial charge in [0, 0.05) is 16.9 Å². The van der Waals surface area contributed by atoms with Crippen LogP contribution < -0.4 is 5.32 Å². The summed E-state index contributed by atoms with van der Waals surface area (Å²) in [5, 5.41) is 6.93. The van der Waals surface area contributed by atoms with E-state index in [0.717, 1.165) is 15.7 Å². The molecule has 1 atom stereocenters. The number of esters is 1. The summed E-state index contributed by atoms with van der Waals surface area (Å²) in [6.45, 7) is 1.54. The minimum absolute atomic E-state index is 0.183. The summed E-state index contributed by atoms with van der Waals surface area (Å²) in [6, 6.07) is 16.1. The van der Waals surface area contributed by atoms with Crippen molar-refractivity contribution in [2.75, 3.05) is 6.61 Å². The summed E-state index contributed by atoms with van der Waals surface area (Å²) in [4.78, 5) is 24.1. The summed E-state index contributed by atoms with van der Waals surface area (Å²) >= 11 is 3.37. The fourth-order valence-electron chi connectivity index (χ4n) is 2.50.